The maximum absolute atomic E-state index is 12.7. The van der Waals surface area contributed by atoms with Gasteiger partial charge in [0, 0.05) is 22.3 Å². The van der Waals surface area contributed by atoms with Crippen molar-refractivity contribution in [3.8, 4) is 5.75 Å². The number of hydrogen-bond donors (Lipinski definition) is 2. The van der Waals surface area contributed by atoms with Crippen molar-refractivity contribution in [2.24, 2.45) is 5.92 Å². The van der Waals surface area contributed by atoms with Gasteiger partial charge in [0.2, 0.25) is 5.91 Å². The van der Waals surface area contributed by atoms with Gasteiger partial charge in [-0.2, -0.15) is 0 Å². The number of amides is 2. The van der Waals surface area contributed by atoms with Crippen molar-refractivity contribution in [2.75, 3.05) is 17.2 Å². The van der Waals surface area contributed by atoms with Gasteiger partial charge in [-0.15, -0.1) is 0 Å². The van der Waals surface area contributed by atoms with E-state index in [0.29, 0.717) is 41.6 Å². The van der Waals surface area contributed by atoms with Crippen LogP contribution in [-0.4, -0.2) is 18.4 Å². The molecule has 0 saturated carbocycles. The van der Waals surface area contributed by atoms with Crippen LogP contribution in [-0.2, 0) is 4.79 Å². The third-order valence-electron chi connectivity index (χ3n) is 3.51. The molecule has 0 fully saturated rings. The van der Waals surface area contributed by atoms with Crippen molar-refractivity contribution in [2.45, 2.75) is 27.2 Å². The highest BCUT2D eigenvalue weighted by molar-refractivity contribution is 9.10. The summed E-state index contributed by atoms with van der Waals surface area (Å²) in [6.45, 7) is 6.43. The number of benzene rings is 2. The lowest BCUT2D eigenvalue weighted by Crippen LogP contribution is -2.15. The second kappa shape index (κ2) is 9.38. The summed E-state index contributed by atoms with van der Waals surface area (Å²) in [7, 11) is 0. The monoisotopic (exact) mass is 418 g/mol. The Bertz CT molecular complexity index is 773. The van der Waals surface area contributed by atoms with E-state index in [9.17, 15) is 9.59 Å². The van der Waals surface area contributed by atoms with E-state index in [1.807, 2.05) is 6.07 Å². The first-order valence-electron chi connectivity index (χ1n) is 8.52. The SMILES string of the molecule is CCC(=O)Nc1ccc(NC(=O)c2cc(Br)ccc2OCC(C)C)cc1. The Hall–Kier alpha value is -2.34. The second-order valence-corrected chi connectivity index (χ2v) is 7.19. The summed E-state index contributed by atoms with van der Waals surface area (Å²) in [6, 6.07) is 12.4. The molecule has 2 aromatic carbocycles. The van der Waals surface area contributed by atoms with Crippen LogP contribution in [0.4, 0.5) is 11.4 Å². The van der Waals surface area contributed by atoms with Crippen LogP contribution in [0.15, 0.2) is 46.9 Å². The number of carbonyl (C=O) groups is 2. The first-order chi connectivity index (χ1) is 12.4. The molecule has 0 atom stereocenters. The fourth-order valence-electron chi connectivity index (χ4n) is 2.15. The minimum absolute atomic E-state index is 0.0529. The molecule has 2 N–H and O–H groups in total. The molecule has 0 bridgehead atoms. The van der Waals surface area contributed by atoms with Crippen molar-refractivity contribution < 1.29 is 14.3 Å². The molecule has 0 aliphatic carbocycles. The average Bonchev–Trinajstić information content (AvgIpc) is 2.62. The minimum Gasteiger partial charge on any atom is -0.492 e. The predicted molar refractivity (Wildman–Crippen MR) is 108 cm³/mol. The highest BCUT2D eigenvalue weighted by atomic mass is 79.9. The highest BCUT2D eigenvalue weighted by Crippen LogP contribution is 2.25. The van der Waals surface area contributed by atoms with Crippen LogP contribution in [0.3, 0.4) is 0 Å². The maximum atomic E-state index is 12.7. The lowest BCUT2D eigenvalue weighted by atomic mass is 10.1. The summed E-state index contributed by atoms with van der Waals surface area (Å²) in [5.74, 6) is 0.602. The molecule has 2 rings (SSSR count). The maximum Gasteiger partial charge on any atom is 0.259 e. The zero-order chi connectivity index (χ0) is 19.1. The van der Waals surface area contributed by atoms with Crippen molar-refractivity contribution in [1.82, 2.24) is 0 Å². The fraction of sp³-hybridized carbons (Fsp3) is 0.300. The molecular weight excluding hydrogens is 396 g/mol. The molecule has 2 amide bonds. The Balaban J connectivity index is 2.11. The van der Waals surface area contributed by atoms with Crippen LogP contribution in [0.2, 0.25) is 0 Å². The van der Waals surface area contributed by atoms with Crippen molar-refractivity contribution in [1.29, 1.82) is 0 Å². The standard InChI is InChI=1S/C20H23BrN2O3/c1-4-19(24)22-15-6-8-16(9-7-15)23-20(25)17-11-14(21)5-10-18(17)26-12-13(2)3/h5-11,13H,4,12H2,1-3H3,(H,22,24)(H,23,25). The van der Waals surface area contributed by atoms with E-state index in [0.717, 1.165) is 4.47 Å². The molecule has 0 radical (unpaired) electrons. The molecule has 2 aromatic rings. The number of nitrogens with one attached hydrogen (secondary N) is 2. The summed E-state index contributed by atoms with van der Waals surface area (Å²) < 4.78 is 6.56. The summed E-state index contributed by atoms with van der Waals surface area (Å²) in [5.41, 5.74) is 1.79. The summed E-state index contributed by atoms with van der Waals surface area (Å²) in [4.78, 5) is 24.1. The minimum atomic E-state index is -0.254. The molecule has 0 aromatic heterocycles. The Labute approximate surface area is 162 Å². The molecule has 5 nitrogen and oxygen atoms in total. The second-order valence-electron chi connectivity index (χ2n) is 6.28. The molecule has 0 spiro atoms. The Morgan fingerprint density at radius 3 is 2.23 bits per heavy atom. The lowest BCUT2D eigenvalue weighted by Gasteiger charge is -2.14. The van der Waals surface area contributed by atoms with Gasteiger partial charge in [0.15, 0.2) is 0 Å². The molecule has 0 aliphatic rings. The molecule has 26 heavy (non-hydrogen) atoms. The van der Waals surface area contributed by atoms with Crippen LogP contribution in [0.5, 0.6) is 5.75 Å². The van der Waals surface area contributed by atoms with Gasteiger partial charge in [0.25, 0.3) is 5.91 Å². The third kappa shape index (κ3) is 5.88. The van der Waals surface area contributed by atoms with E-state index in [2.05, 4.69) is 40.4 Å². The van der Waals surface area contributed by atoms with Crippen LogP contribution in [0.1, 0.15) is 37.6 Å². The van der Waals surface area contributed by atoms with E-state index in [1.54, 1.807) is 43.3 Å². The zero-order valence-electron chi connectivity index (χ0n) is 15.1. The summed E-state index contributed by atoms with van der Waals surface area (Å²) in [6.07, 6.45) is 0.417. The third-order valence-corrected chi connectivity index (χ3v) is 4.00. The van der Waals surface area contributed by atoms with Gasteiger partial charge in [0.1, 0.15) is 5.75 Å². The smallest absolute Gasteiger partial charge is 0.259 e. The Kier molecular flexibility index (Phi) is 7.21. The van der Waals surface area contributed by atoms with Gasteiger partial charge in [-0.05, 0) is 48.4 Å². The Morgan fingerprint density at radius 2 is 1.65 bits per heavy atom. The van der Waals surface area contributed by atoms with Crippen LogP contribution >= 0.6 is 15.9 Å². The zero-order valence-corrected chi connectivity index (χ0v) is 16.7. The molecule has 138 valence electrons. The molecular formula is C20H23BrN2O3. The largest absolute Gasteiger partial charge is 0.492 e. The van der Waals surface area contributed by atoms with Crippen molar-refractivity contribution in [3.05, 3.63) is 52.5 Å². The summed E-state index contributed by atoms with van der Waals surface area (Å²) >= 11 is 3.39. The fourth-order valence-corrected chi connectivity index (χ4v) is 2.51. The van der Waals surface area contributed by atoms with Gasteiger partial charge >= 0.3 is 0 Å². The van der Waals surface area contributed by atoms with Gasteiger partial charge in [-0.3, -0.25) is 9.59 Å². The molecule has 0 saturated heterocycles. The normalized spacial score (nSPS) is 10.5. The molecule has 0 unspecified atom stereocenters. The van der Waals surface area contributed by atoms with E-state index in [4.69, 9.17) is 4.74 Å². The predicted octanol–water partition coefficient (Wildman–Crippen LogP) is 5.08. The highest BCUT2D eigenvalue weighted by Gasteiger charge is 2.14. The van der Waals surface area contributed by atoms with E-state index < -0.39 is 0 Å². The first kappa shape index (κ1) is 20.0. The lowest BCUT2D eigenvalue weighted by molar-refractivity contribution is -0.115. The van der Waals surface area contributed by atoms with Gasteiger partial charge < -0.3 is 15.4 Å². The number of carbonyl (C=O) groups excluding carboxylic acids is 2. The summed E-state index contributed by atoms with van der Waals surface area (Å²) in [5, 5.41) is 5.63. The van der Waals surface area contributed by atoms with Gasteiger partial charge in [-0.1, -0.05) is 36.7 Å². The van der Waals surface area contributed by atoms with E-state index in [1.165, 1.54) is 0 Å². The Morgan fingerprint density at radius 1 is 1.04 bits per heavy atom. The average molecular weight is 419 g/mol. The van der Waals surface area contributed by atoms with Crippen molar-refractivity contribution >= 4 is 39.1 Å². The van der Waals surface area contributed by atoms with Gasteiger partial charge in [0.05, 0.1) is 12.2 Å². The van der Waals surface area contributed by atoms with E-state index >= 15 is 0 Å². The number of halogens is 1. The van der Waals surface area contributed by atoms with Crippen LogP contribution in [0.25, 0.3) is 0 Å². The number of anilines is 2. The number of hydrogen-bond acceptors (Lipinski definition) is 3. The van der Waals surface area contributed by atoms with Gasteiger partial charge in [-0.25, -0.2) is 0 Å². The van der Waals surface area contributed by atoms with E-state index in [-0.39, 0.29) is 11.8 Å². The number of ether oxygens (including phenoxy) is 1. The van der Waals surface area contributed by atoms with Crippen LogP contribution in [0, 0.1) is 5.92 Å². The topological polar surface area (TPSA) is 67.4 Å². The molecule has 0 heterocycles. The van der Waals surface area contributed by atoms with Crippen molar-refractivity contribution in [3.63, 3.8) is 0 Å². The molecule has 0 aliphatic heterocycles. The first-order valence-corrected chi connectivity index (χ1v) is 9.32. The quantitative estimate of drug-likeness (QED) is 0.658. The number of rotatable bonds is 7. The molecule has 6 heteroatoms. The van der Waals surface area contributed by atoms with Crippen LogP contribution < -0.4 is 15.4 Å².